The third-order valence-electron chi connectivity index (χ3n) is 2.15. The average molecular weight is 406 g/mol. The maximum absolute atomic E-state index is 12.2. The summed E-state index contributed by atoms with van der Waals surface area (Å²) in [7, 11) is 0. The molecule has 0 radical (unpaired) electrons. The summed E-state index contributed by atoms with van der Waals surface area (Å²) in [4.78, 5) is 13.9. The lowest BCUT2D eigenvalue weighted by Crippen LogP contribution is -2.34. The first-order valence-electron chi connectivity index (χ1n) is 4.96. The van der Waals surface area contributed by atoms with Crippen LogP contribution in [0.4, 0.5) is 0 Å². The number of carbonyl (C=O) groups excluding carboxylic acids is 1. The molecule has 0 unspecified atom stereocenters. The van der Waals surface area contributed by atoms with Crippen molar-refractivity contribution in [2.75, 3.05) is 24.8 Å². The Morgan fingerprint density at radius 3 is 2.35 bits per heavy atom. The monoisotopic (exact) mass is 405 g/mol. The van der Waals surface area contributed by atoms with Crippen LogP contribution in [0.3, 0.4) is 0 Å². The third-order valence-corrected chi connectivity index (χ3v) is 3.67. The largest absolute Gasteiger partial charge is 0.336 e. The molecule has 1 aromatic carbocycles. The molecule has 1 amide bonds. The fraction of sp³-hybridized carbons (Fsp3) is 0.364. The van der Waals surface area contributed by atoms with E-state index in [9.17, 15) is 4.79 Å². The summed E-state index contributed by atoms with van der Waals surface area (Å²) >= 11 is 19.3. The van der Waals surface area contributed by atoms with E-state index in [2.05, 4.69) is 22.6 Å². The smallest absolute Gasteiger partial charge is 0.255 e. The average Bonchev–Trinajstić information content (AvgIpc) is 2.31. The maximum Gasteiger partial charge on any atom is 0.255 e. The lowest BCUT2D eigenvalue weighted by Gasteiger charge is -2.21. The molecule has 0 saturated carbocycles. The Labute approximate surface area is 129 Å². The summed E-state index contributed by atoms with van der Waals surface area (Å²) in [5.41, 5.74) is 0.591. The quantitative estimate of drug-likeness (QED) is 0.537. The summed E-state index contributed by atoms with van der Waals surface area (Å²) in [6.07, 6.45) is 0. The molecule has 0 N–H and O–H groups in total. The molecule has 2 nitrogen and oxygen atoms in total. The highest BCUT2D eigenvalue weighted by Crippen LogP contribution is 2.19. The molecule has 0 bridgehead atoms. The first kappa shape index (κ1) is 15.3. The van der Waals surface area contributed by atoms with Gasteiger partial charge in [0.1, 0.15) is 0 Å². The van der Waals surface area contributed by atoms with Gasteiger partial charge >= 0.3 is 0 Å². The van der Waals surface area contributed by atoms with Crippen molar-refractivity contribution < 1.29 is 4.79 Å². The minimum Gasteiger partial charge on any atom is -0.336 e. The van der Waals surface area contributed by atoms with Crippen LogP contribution in [0.2, 0.25) is 5.02 Å². The van der Waals surface area contributed by atoms with E-state index in [-0.39, 0.29) is 5.91 Å². The zero-order valence-electron chi connectivity index (χ0n) is 8.93. The highest BCUT2D eigenvalue weighted by atomic mass is 127. The van der Waals surface area contributed by atoms with Gasteiger partial charge in [0, 0.05) is 33.4 Å². The number of benzene rings is 1. The summed E-state index contributed by atoms with van der Waals surface area (Å²) in [6, 6.07) is 5.24. The minimum absolute atomic E-state index is 0.0850. The first-order chi connectivity index (χ1) is 8.10. The molecule has 1 aromatic rings. The van der Waals surface area contributed by atoms with E-state index < -0.39 is 0 Å². The number of hydrogen-bond donors (Lipinski definition) is 0. The highest BCUT2D eigenvalue weighted by Gasteiger charge is 2.17. The van der Waals surface area contributed by atoms with E-state index in [1.807, 2.05) is 6.07 Å². The summed E-state index contributed by atoms with van der Waals surface area (Å²) in [6.45, 7) is 0.964. The second-order valence-corrected chi connectivity index (χ2v) is 5.65. The van der Waals surface area contributed by atoms with Crippen molar-refractivity contribution in [3.63, 3.8) is 0 Å². The lowest BCUT2D eigenvalue weighted by atomic mass is 10.2. The van der Waals surface area contributed by atoms with Crippen molar-refractivity contribution in [1.29, 1.82) is 0 Å². The zero-order valence-corrected chi connectivity index (χ0v) is 13.4. The molecule has 6 heteroatoms. The van der Waals surface area contributed by atoms with Gasteiger partial charge in [-0.15, -0.1) is 23.2 Å². The van der Waals surface area contributed by atoms with Crippen LogP contribution in [0.1, 0.15) is 10.4 Å². The van der Waals surface area contributed by atoms with E-state index >= 15 is 0 Å². The molecule has 0 aromatic heterocycles. The molecule has 0 aliphatic carbocycles. The Morgan fingerprint density at radius 1 is 1.24 bits per heavy atom. The fourth-order valence-corrected chi connectivity index (χ4v) is 2.50. The zero-order chi connectivity index (χ0) is 12.8. The van der Waals surface area contributed by atoms with Crippen LogP contribution in [0.5, 0.6) is 0 Å². The Balaban J connectivity index is 2.95. The van der Waals surface area contributed by atoms with Crippen molar-refractivity contribution in [2.45, 2.75) is 0 Å². The van der Waals surface area contributed by atoms with E-state index in [1.165, 1.54) is 0 Å². The van der Waals surface area contributed by atoms with E-state index in [0.29, 0.717) is 35.4 Å². The van der Waals surface area contributed by atoms with Gasteiger partial charge in [0.05, 0.1) is 5.56 Å². The summed E-state index contributed by atoms with van der Waals surface area (Å²) < 4.78 is 0.867. The molecule has 0 spiro atoms. The van der Waals surface area contributed by atoms with Gasteiger partial charge in [-0.05, 0) is 40.8 Å². The molecule has 17 heavy (non-hydrogen) atoms. The fourth-order valence-electron chi connectivity index (χ4n) is 1.35. The Hall–Kier alpha value is 0.290. The molecule has 94 valence electrons. The number of nitrogens with zero attached hydrogens (tertiary/aromatic N) is 1. The predicted octanol–water partition coefficient (Wildman–Crippen LogP) is 3.86. The summed E-state index contributed by atoms with van der Waals surface area (Å²) in [5.74, 6) is 0.692. The molecule has 0 heterocycles. The molecule has 0 fully saturated rings. The minimum atomic E-state index is -0.0850. The van der Waals surface area contributed by atoms with Crippen molar-refractivity contribution in [3.05, 3.63) is 32.4 Å². The number of hydrogen-bond acceptors (Lipinski definition) is 1. The number of rotatable bonds is 5. The Morgan fingerprint density at radius 2 is 1.82 bits per heavy atom. The van der Waals surface area contributed by atoms with Gasteiger partial charge in [0.2, 0.25) is 0 Å². The first-order valence-corrected chi connectivity index (χ1v) is 7.49. The number of alkyl halides is 2. The van der Waals surface area contributed by atoms with E-state index in [1.54, 1.807) is 17.0 Å². The van der Waals surface area contributed by atoms with Crippen LogP contribution in [0, 0.1) is 3.57 Å². The maximum atomic E-state index is 12.2. The molecule has 0 aliphatic rings. The van der Waals surface area contributed by atoms with Crippen LogP contribution in [0.25, 0.3) is 0 Å². The molecule has 0 atom stereocenters. The van der Waals surface area contributed by atoms with Crippen molar-refractivity contribution in [3.8, 4) is 0 Å². The standard InChI is InChI=1S/C11H11Cl3INO/c12-3-5-16(6-4-13)11(17)9-7-8(14)1-2-10(9)15/h1-2,7H,3-6H2. The number of halogens is 4. The van der Waals surface area contributed by atoms with Crippen LogP contribution >= 0.6 is 57.4 Å². The molecule has 0 aliphatic heterocycles. The number of amides is 1. The van der Waals surface area contributed by atoms with Gasteiger partial charge in [-0.3, -0.25) is 4.79 Å². The Kier molecular flexibility index (Phi) is 6.92. The van der Waals surface area contributed by atoms with Crippen LogP contribution < -0.4 is 0 Å². The molecule has 1 rings (SSSR count). The second kappa shape index (κ2) is 7.67. The van der Waals surface area contributed by atoms with Crippen LogP contribution in [0.15, 0.2) is 18.2 Å². The van der Waals surface area contributed by atoms with Crippen molar-refractivity contribution >= 4 is 63.3 Å². The lowest BCUT2D eigenvalue weighted by molar-refractivity contribution is 0.0774. The topological polar surface area (TPSA) is 20.3 Å². The van der Waals surface area contributed by atoms with Gasteiger partial charge in [0.15, 0.2) is 0 Å². The second-order valence-electron chi connectivity index (χ2n) is 3.29. The molecule has 0 saturated heterocycles. The highest BCUT2D eigenvalue weighted by molar-refractivity contribution is 14.1. The van der Waals surface area contributed by atoms with Crippen molar-refractivity contribution in [1.82, 2.24) is 4.90 Å². The third kappa shape index (κ3) is 4.47. The predicted molar refractivity (Wildman–Crippen MR) is 81.5 cm³/mol. The number of carbonyl (C=O) groups is 1. The van der Waals surface area contributed by atoms with Crippen LogP contribution in [-0.4, -0.2) is 35.7 Å². The van der Waals surface area contributed by atoms with E-state index in [4.69, 9.17) is 34.8 Å². The van der Waals surface area contributed by atoms with Crippen molar-refractivity contribution in [2.24, 2.45) is 0 Å². The normalized spacial score (nSPS) is 10.4. The van der Waals surface area contributed by atoms with Gasteiger partial charge in [0.25, 0.3) is 5.91 Å². The van der Waals surface area contributed by atoms with Gasteiger partial charge in [-0.2, -0.15) is 0 Å². The Bertz CT molecular complexity index is 394. The van der Waals surface area contributed by atoms with Crippen LogP contribution in [-0.2, 0) is 0 Å². The summed E-state index contributed by atoms with van der Waals surface area (Å²) in [5, 5.41) is 0.547. The van der Waals surface area contributed by atoms with E-state index in [0.717, 1.165) is 3.57 Å². The van der Waals surface area contributed by atoms with Gasteiger partial charge in [-0.25, -0.2) is 0 Å². The van der Waals surface area contributed by atoms with Gasteiger partial charge in [-0.1, -0.05) is 11.6 Å². The molecular weight excluding hydrogens is 395 g/mol. The SMILES string of the molecule is O=C(c1cc(Cl)ccc1I)N(CCCl)CCCl. The van der Waals surface area contributed by atoms with Gasteiger partial charge < -0.3 is 4.90 Å². The molecular formula is C11H11Cl3INO.